The Balaban J connectivity index is 2.09. The van der Waals surface area contributed by atoms with Crippen molar-refractivity contribution >= 4 is 23.7 Å². The van der Waals surface area contributed by atoms with Gasteiger partial charge in [-0.1, -0.05) is 6.07 Å². The number of hydrogen-bond acceptors (Lipinski definition) is 5. The molecule has 29 heavy (non-hydrogen) atoms. The number of carbonyl (C=O) groups excluding carboxylic acids is 1. The molecule has 0 aliphatic heterocycles. The van der Waals surface area contributed by atoms with E-state index in [4.69, 9.17) is 19.7 Å². The van der Waals surface area contributed by atoms with Gasteiger partial charge in [0.25, 0.3) is 0 Å². The maximum absolute atomic E-state index is 13.6. The highest BCUT2D eigenvalue weighted by Gasteiger charge is 2.26. The molecule has 154 valence electrons. The van der Waals surface area contributed by atoms with Gasteiger partial charge in [0.1, 0.15) is 24.0 Å². The highest BCUT2D eigenvalue weighted by molar-refractivity contribution is 5.93. The number of anilines is 1. The van der Waals surface area contributed by atoms with Crippen LogP contribution in [-0.2, 0) is 27.4 Å². The molecular weight excluding hydrogens is 392 g/mol. The van der Waals surface area contributed by atoms with Crippen molar-refractivity contribution in [2.45, 2.75) is 13.0 Å². The molecule has 2 aromatic rings. The van der Waals surface area contributed by atoms with Crippen LogP contribution in [0, 0.1) is 17.6 Å². The van der Waals surface area contributed by atoms with Gasteiger partial charge in [0.05, 0.1) is 12.8 Å². The molecule has 0 atom stereocenters. The fourth-order valence-electron chi connectivity index (χ4n) is 2.47. The number of carboxylic acid groups (broad SMARTS) is 2. The van der Waals surface area contributed by atoms with Gasteiger partial charge in [0.15, 0.2) is 5.92 Å². The molecule has 2 rings (SSSR count). The number of methoxy groups -OCH3 is 1. The van der Waals surface area contributed by atoms with Crippen LogP contribution in [0.4, 0.5) is 19.3 Å². The van der Waals surface area contributed by atoms with E-state index in [0.717, 1.165) is 12.1 Å². The molecule has 0 aliphatic carbocycles. The molecule has 3 N–H and O–H groups in total. The predicted molar refractivity (Wildman–Crippen MR) is 95.6 cm³/mol. The van der Waals surface area contributed by atoms with Crippen LogP contribution in [0.3, 0.4) is 0 Å². The summed E-state index contributed by atoms with van der Waals surface area (Å²) >= 11 is 0. The monoisotopic (exact) mass is 409 g/mol. The number of nitrogens with one attached hydrogen (secondary N) is 1. The molecule has 0 bridgehead atoms. The van der Waals surface area contributed by atoms with Crippen molar-refractivity contribution < 1.29 is 42.9 Å². The van der Waals surface area contributed by atoms with E-state index in [0.29, 0.717) is 22.9 Å². The van der Waals surface area contributed by atoms with Gasteiger partial charge in [-0.05, 0) is 36.2 Å². The van der Waals surface area contributed by atoms with Gasteiger partial charge in [0, 0.05) is 11.6 Å². The lowest BCUT2D eigenvalue weighted by Crippen LogP contribution is -2.25. The first-order valence-corrected chi connectivity index (χ1v) is 8.21. The predicted octanol–water partition coefficient (Wildman–Crippen LogP) is 3.05. The van der Waals surface area contributed by atoms with Crippen molar-refractivity contribution in [3.05, 3.63) is 59.2 Å². The van der Waals surface area contributed by atoms with E-state index in [2.05, 4.69) is 5.32 Å². The smallest absolute Gasteiger partial charge is 0.412 e. The minimum absolute atomic E-state index is 0.275. The van der Waals surface area contributed by atoms with E-state index in [-0.39, 0.29) is 18.7 Å². The summed E-state index contributed by atoms with van der Waals surface area (Å²) in [6.45, 7) is -0.323. The molecule has 0 saturated heterocycles. The second kappa shape index (κ2) is 9.49. The van der Waals surface area contributed by atoms with Crippen molar-refractivity contribution in [1.29, 1.82) is 0 Å². The summed E-state index contributed by atoms with van der Waals surface area (Å²) in [7, 11) is 1.36. The zero-order valence-electron chi connectivity index (χ0n) is 15.1. The summed E-state index contributed by atoms with van der Waals surface area (Å²) in [5.74, 6) is -6.06. The third-order valence-corrected chi connectivity index (χ3v) is 3.91. The summed E-state index contributed by atoms with van der Waals surface area (Å²) in [5.41, 5.74) is 0.446. The quantitative estimate of drug-likeness (QED) is 0.573. The number of ether oxygens (including phenoxy) is 2. The SMILES string of the molecule is COc1ccc(CC(C(=O)O)C(=O)O)cc1COC(=O)Nc1ccc(F)cc1F. The molecule has 2 aromatic carbocycles. The van der Waals surface area contributed by atoms with Crippen LogP contribution in [0.5, 0.6) is 5.75 Å². The molecule has 0 unspecified atom stereocenters. The first-order chi connectivity index (χ1) is 13.7. The number of hydrogen-bond donors (Lipinski definition) is 3. The summed E-state index contributed by atoms with van der Waals surface area (Å²) < 4.78 is 36.6. The van der Waals surface area contributed by atoms with Crippen LogP contribution >= 0.6 is 0 Å². The number of aliphatic carboxylic acids is 2. The number of carboxylic acids is 2. The first-order valence-electron chi connectivity index (χ1n) is 8.21. The fraction of sp³-hybridized carbons (Fsp3) is 0.211. The summed E-state index contributed by atoms with van der Waals surface area (Å²) in [4.78, 5) is 34.0. The number of carbonyl (C=O) groups is 3. The van der Waals surface area contributed by atoms with Crippen LogP contribution < -0.4 is 10.1 Å². The third-order valence-electron chi connectivity index (χ3n) is 3.91. The van der Waals surface area contributed by atoms with Crippen LogP contribution in [0.15, 0.2) is 36.4 Å². The van der Waals surface area contributed by atoms with Gasteiger partial charge in [0.2, 0.25) is 0 Å². The topological polar surface area (TPSA) is 122 Å². The summed E-state index contributed by atoms with van der Waals surface area (Å²) in [6, 6.07) is 7.02. The van der Waals surface area contributed by atoms with Crippen LogP contribution in [0.1, 0.15) is 11.1 Å². The Kier molecular flexibility index (Phi) is 7.07. The van der Waals surface area contributed by atoms with Crippen molar-refractivity contribution in [3.8, 4) is 5.75 Å². The Hall–Kier alpha value is -3.69. The molecule has 0 aliphatic rings. The number of halogens is 2. The van der Waals surface area contributed by atoms with Gasteiger partial charge in [-0.3, -0.25) is 14.9 Å². The minimum atomic E-state index is -1.64. The lowest BCUT2D eigenvalue weighted by molar-refractivity contribution is -0.154. The second-order valence-corrected chi connectivity index (χ2v) is 5.90. The Bertz CT molecular complexity index is 919. The largest absolute Gasteiger partial charge is 0.496 e. The number of benzene rings is 2. The van der Waals surface area contributed by atoms with Gasteiger partial charge in [-0.25, -0.2) is 13.6 Å². The van der Waals surface area contributed by atoms with Gasteiger partial charge in [-0.15, -0.1) is 0 Å². The molecule has 8 nitrogen and oxygen atoms in total. The summed E-state index contributed by atoms with van der Waals surface area (Å²) in [5, 5.41) is 20.1. The van der Waals surface area contributed by atoms with E-state index in [1.54, 1.807) is 0 Å². The highest BCUT2D eigenvalue weighted by atomic mass is 19.1. The molecule has 0 aromatic heterocycles. The minimum Gasteiger partial charge on any atom is -0.496 e. The maximum Gasteiger partial charge on any atom is 0.412 e. The van der Waals surface area contributed by atoms with Crippen LogP contribution in [-0.4, -0.2) is 35.4 Å². The zero-order valence-corrected chi connectivity index (χ0v) is 15.1. The first kappa shape index (κ1) is 21.6. The Labute approximate surface area is 163 Å². The average Bonchev–Trinajstić information content (AvgIpc) is 2.66. The molecule has 0 radical (unpaired) electrons. The Morgan fingerprint density at radius 1 is 1.07 bits per heavy atom. The lowest BCUT2D eigenvalue weighted by atomic mass is 9.98. The van der Waals surface area contributed by atoms with Crippen molar-refractivity contribution in [3.63, 3.8) is 0 Å². The Morgan fingerprint density at radius 3 is 2.34 bits per heavy atom. The maximum atomic E-state index is 13.6. The van der Waals surface area contributed by atoms with Gasteiger partial charge < -0.3 is 19.7 Å². The molecule has 0 spiro atoms. The zero-order chi connectivity index (χ0) is 21.6. The molecule has 10 heteroatoms. The molecular formula is C19H17F2NO7. The normalized spacial score (nSPS) is 10.5. The Morgan fingerprint density at radius 2 is 1.76 bits per heavy atom. The van der Waals surface area contributed by atoms with E-state index in [1.807, 2.05) is 0 Å². The van der Waals surface area contributed by atoms with Crippen molar-refractivity contribution in [1.82, 2.24) is 0 Å². The standard InChI is InChI=1S/C19H17F2NO7/c1-28-16-5-2-10(7-13(17(23)24)18(25)26)6-11(16)9-29-19(27)22-15-4-3-12(20)8-14(15)21/h2-6,8,13H,7,9H2,1H3,(H,22,27)(H,23,24)(H,25,26). The van der Waals surface area contributed by atoms with E-state index >= 15 is 0 Å². The van der Waals surface area contributed by atoms with Crippen molar-refractivity contribution in [2.75, 3.05) is 12.4 Å². The number of amides is 1. The number of rotatable bonds is 8. The molecule has 0 saturated carbocycles. The molecule has 0 fully saturated rings. The molecule has 1 amide bonds. The van der Waals surface area contributed by atoms with Crippen molar-refractivity contribution in [2.24, 2.45) is 5.92 Å². The lowest BCUT2D eigenvalue weighted by Gasteiger charge is -2.13. The summed E-state index contributed by atoms with van der Waals surface area (Å²) in [6.07, 6.45) is -1.30. The highest BCUT2D eigenvalue weighted by Crippen LogP contribution is 2.23. The van der Waals surface area contributed by atoms with Crippen LogP contribution in [0.25, 0.3) is 0 Å². The van der Waals surface area contributed by atoms with Crippen LogP contribution in [0.2, 0.25) is 0 Å². The van der Waals surface area contributed by atoms with E-state index in [9.17, 15) is 23.2 Å². The fourth-order valence-corrected chi connectivity index (χ4v) is 2.47. The van der Waals surface area contributed by atoms with E-state index in [1.165, 1.54) is 25.3 Å². The second-order valence-electron chi connectivity index (χ2n) is 5.90. The molecule has 0 heterocycles. The van der Waals surface area contributed by atoms with Gasteiger partial charge in [-0.2, -0.15) is 0 Å². The van der Waals surface area contributed by atoms with Gasteiger partial charge >= 0.3 is 18.0 Å². The van der Waals surface area contributed by atoms with E-state index < -0.39 is 35.6 Å². The average molecular weight is 409 g/mol. The third kappa shape index (κ3) is 5.89.